The van der Waals surface area contributed by atoms with E-state index in [-0.39, 0.29) is 36.3 Å². The van der Waals surface area contributed by atoms with E-state index in [9.17, 15) is 23.3 Å². The molecular formula is C24H31N3O5S. The first-order valence-corrected chi connectivity index (χ1v) is 13.2. The summed E-state index contributed by atoms with van der Waals surface area (Å²) in [7, 11) is -3.66. The summed E-state index contributed by atoms with van der Waals surface area (Å²) in [5.41, 5.74) is 3.89. The Labute approximate surface area is 195 Å². The number of nitro benzene ring substituents is 1. The van der Waals surface area contributed by atoms with Gasteiger partial charge in [-0.1, -0.05) is 31.2 Å². The van der Waals surface area contributed by atoms with Crippen LogP contribution < -0.4 is 9.62 Å². The standard InChI is InChI=1S/C24H31N3O5S/c1-3-23(20-14-13-18-8-4-5-9-19(18)16-20)25-24(28)12-7-15-26(33(2,31)32)21-10-6-11-22(17-21)27(29)30/h6,10-11,13-14,16-17,23H,3-5,7-9,12,15H2,1-2H3,(H,25,28). The zero-order chi connectivity index (χ0) is 24.0. The van der Waals surface area contributed by atoms with Gasteiger partial charge in [0.05, 0.1) is 22.9 Å². The van der Waals surface area contributed by atoms with Crippen LogP contribution in [0.25, 0.3) is 0 Å². The largest absolute Gasteiger partial charge is 0.349 e. The summed E-state index contributed by atoms with van der Waals surface area (Å²) in [5.74, 6) is -0.146. The third-order valence-electron chi connectivity index (χ3n) is 6.01. The number of rotatable bonds is 10. The number of amides is 1. The molecular weight excluding hydrogens is 442 g/mol. The molecule has 1 aliphatic rings. The lowest BCUT2D eigenvalue weighted by molar-refractivity contribution is -0.384. The van der Waals surface area contributed by atoms with Crippen molar-refractivity contribution in [1.82, 2.24) is 5.32 Å². The van der Waals surface area contributed by atoms with E-state index in [4.69, 9.17) is 0 Å². The zero-order valence-corrected chi connectivity index (χ0v) is 19.9. The number of hydrogen-bond acceptors (Lipinski definition) is 5. The van der Waals surface area contributed by atoms with Crippen molar-refractivity contribution in [3.63, 3.8) is 0 Å². The maximum absolute atomic E-state index is 12.6. The first-order valence-electron chi connectivity index (χ1n) is 11.3. The van der Waals surface area contributed by atoms with Gasteiger partial charge in [-0.2, -0.15) is 0 Å². The number of sulfonamides is 1. The highest BCUT2D eigenvalue weighted by Gasteiger charge is 2.21. The monoisotopic (exact) mass is 473 g/mol. The van der Waals surface area contributed by atoms with Gasteiger partial charge in [0.15, 0.2) is 0 Å². The van der Waals surface area contributed by atoms with Crippen LogP contribution in [-0.4, -0.2) is 32.0 Å². The number of anilines is 1. The Bertz CT molecular complexity index is 1120. The average Bonchev–Trinajstić information content (AvgIpc) is 2.79. The van der Waals surface area contributed by atoms with Crippen molar-refractivity contribution in [3.8, 4) is 0 Å². The maximum Gasteiger partial charge on any atom is 0.271 e. The molecule has 1 atom stereocenters. The van der Waals surface area contributed by atoms with Gasteiger partial charge >= 0.3 is 0 Å². The fraction of sp³-hybridized carbons (Fsp3) is 0.458. The molecule has 0 heterocycles. The molecule has 33 heavy (non-hydrogen) atoms. The number of hydrogen-bond donors (Lipinski definition) is 1. The average molecular weight is 474 g/mol. The van der Waals surface area contributed by atoms with Crippen LogP contribution in [0.3, 0.4) is 0 Å². The smallest absolute Gasteiger partial charge is 0.271 e. The Balaban J connectivity index is 1.61. The van der Waals surface area contributed by atoms with E-state index in [0.29, 0.717) is 6.42 Å². The summed E-state index contributed by atoms with van der Waals surface area (Å²) < 4.78 is 25.6. The molecule has 0 saturated carbocycles. The second-order valence-corrected chi connectivity index (χ2v) is 10.4. The number of benzene rings is 2. The second-order valence-electron chi connectivity index (χ2n) is 8.48. The molecule has 1 N–H and O–H groups in total. The van der Waals surface area contributed by atoms with E-state index < -0.39 is 14.9 Å². The van der Waals surface area contributed by atoms with Crippen LogP contribution in [-0.2, 0) is 27.7 Å². The molecule has 0 bridgehead atoms. The molecule has 0 spiro atoms. The van der Waals surface area contributed by atoms with Gasteiger partial charge in [0.25, 0.3) is 5.69 Å². The fourth-order valence-electron chi connectivity index (χ4n) is 4.29. The lowest BCUT2D eigenvalue weighted by Gasteiger charge is -2.23. The topological polar surface area (TPSA) is 110 Å². The molecule has 9 heteroatoms. The van der Waals surface area contributed by atoms with Crippen LogP contribution in [0.4, 0.5) is 11.4 Å². The van der Waals surface area contributed by atoms with Crippen LogP contribution in [0, 0.1) is 10.1 Å². The van der Waals surface area contributed by atoms with Crippen molar-refractivity contribution in [3.05, 3.63) is 69.3 Å². The Kier molecular flexibility index (Phi) is 8.07. The van der Waals surface area contributed by atoms with E-state index in [1.807, 2.05) is 6.92 Å². The molecule has 8 nitrogen and oxygen atoms in total. The highest BCUT2D eigenvalue weighted by molar-refractivity contribution is 7.92. The Morgan fingerprint density at radius 3 is 2.55 bits per heavy atom. The summed E-state index contributed by atoms with van der Waals surface area (Å²) >= 11 is 0. The second kappa shape index (κ2) is 10.8. The summed E-state index contributed by atoms with van der Waals surface area (Å²) in [6, 6.07) is 11.9. The Morgan fingerprint density at radius 1 is 1.15 bits per heavy atom. The predicted molar refractivity (Wildman–Crippen MR) is 129 cm³/mol. The molecule has 0 fully saturated rings. The lowest BCUT2D eigenvalue weighted by atomic mass is 9.89. The first-order chi connectivity index (χ1) is 15.7. The van der Waals surface area contributed by atoms with Gasteiger partial charge in [-0.05, 0) is 61.3 Å². The number of carbonyl (C=O) groups is 1. The van der Waals surface area contributed by atoms with Crippen molar-refractivity contribution in [2.24, 2.45) is 0 Å². The molecule has 0 aliphatic heterocycles. The van der Waals surface area contributed by atoms with Gasteiger partial charge in [0, 0.05) is 25.1 Å². The summed E-state index contributed by atoms with van der Waals surface area (Å²) in [4.78, 5) is 23.1. The van der Waals surface area contributed by atoms with E-state index in [1.54, 1.807) is 0 Å². The lowest BCUT2D eigenvalue weighted by Crippen LogP contribution is -2.33. The number of aryl methyl sites for hydroxylation is 2. The maximum atomic E-state index is 12.6. The number of nitro groups is 1. The number of nitrogens with one attached hydrogen (secondary N) is 1. The molecule has 2 aromatic rings. The molecule has 0 radical (unpaired) electrons. The number of carbonyl (C=O) groups excluding carboxylic acids is 1. The minimum absolute atomic E-state index is 0.0586. The zero-order valence-electron chi connectivity index (χ0n) is 19.1. The summed E-state index contributed by atoms with van der Waals surface area (Å²) in [6.45, 7) is 2.08. The predicted octanol–water partition coefficient (Wildman–Crippen LogP) is 4.29. The summed E-state index contributed by atoms with van der Waals surface area (Å²) in [6.07, 6.45) is 6.86. The molecule has 1 aliphatic carbocycles. The van der Waals surface area contributed by atoms with E-state index in [1.165, 1.54) is 48.2 Å². The van der Waals surface area contributed by atoms with E-state index >= 15 is 0 Å². The van der Waals surface area contributed by atoms with Crippen LogP contribution in [0.15, 0.2) is 42.5 Å². The van der Waals surface area contributed by atoms with Crippen molar-refractivity contribution in [2.75, 3.05) is 17.1 Å². The molecule has 2 aromatic carbocycles. The van der Waals surface area contributed by atoms with Gasteiger partial charge in [-0.25, -0.2) is 8.42 Å². The number of non-ortho nitro benzene ring substituents is 1. The van der Waals surface area contributed by atoms with Gasteiger partial charge < -0.3 is 5.32 Å². The Hall–Kier alpha value is -2.94. The quantitative estimate of drug-likeness (QED) is 0.409. The molecule has 1 unspecified atom stereocenters. The van der Waals surface area contributed by atoms with Gasteiger partial charge in [0.1, 0.15) is 0 Å². The summed E-state index contributed by atoms with van der Waals surface area (Å²) in [5, 5.41) is 14.1. The highest BCUT2D eigenvalue weighted by atomic mass is 32.2. The van der Waals surface area contributed by atoms with Gasteiger partial charge in [-0.15, -0.1) is 0 Å². The molecule has 0 aromatic heterocycles. The molecule has 1 amide bonds. The minimum Gasteiger partial charge on any atom is -0.349 e. The van der Waals surface area contributed by atoms with Crippen LogP contribution >= 0.6 is 0 Å². The normalized spacial score (nSPS) is 14.2. The molecule has 178 valence electrons. The third kappa shape index (κ3) is 6.54. The number of nitrogens with zero attached hydrogens (tertiary/aromatic N) is 2. The van der Waals surface area contributed by atoms with Crippen molar-refractivity contribution in [2.45, 2.75) is 57.9 Å². The molecule has 0 saturated heterocycles. The van der Waals surface area contributed by atoms with Crippen LogP contribution in [0.5, 0.6) is 0 Å². The number of fused-ring (bicyclic) bond motifs is 1. The Morgan fingerprint density at radius 2 is 1.88 bits per heavy atom. The van der Waals surface area contributed by atoms with E-state index in [0.717, 1.165) is 35.4 Å². The van der Waals surface area contributed by atoms with Crippen LogP contribution in [0.1, 0.15) is 61.8 Å². The fourth-order valence-corrected chi connectivity index (χ4v) is 5.25. The highest BCUT2D eigenvalue weighted by Crippen LogP contribution is 2.27. The van der Waals surface area contributed by atoms with Gasteiger partial charge in [0.2, 0.25) is 15.9 Å². The van der Waals surface area contributed by atoms with Crippen LogP contribution in [0.2, 0.25) is 0 Å². The van der Waals surface area contributed by atoms with Crippen molar-refractivity contribution in [1.29, 1.82) is 0 Å². The third-order valence-corrected chi connectivity index (χ3v) is 7.21. The molecule has 3 rings (SSSR count). The van der Waals surface area contributed by atoms with Gasteiger partial charge in [-0.3, -0.25) is 19.2 Å². The van der Waals surface area contributed by atoms with Crippen molar-refractivity contribution >= 4 is 27.3 Å². The van der Waals surface area contributed by atoms with E-state index in [2.05, 4.69) is 23.5 Å². The first kappa shape index (κ1) is 24.7. The van der Waals surface area contributed by atoms with Crippen molar-refractivity contribution < 1.29 is 18.1 Å². The SMILES string of the molecule is CCC(NC(=O)CCCN(c1cccc([N+](=O)[O-])c1)S(C)(=O)=O)c1ccc2c(c1)CCCC2. The minimum atomic E-state index is -3.66.